The van der Waals surface area contributed by atoms with Gasteiger partial charge in [0.25, 0.3) is 0 Å². The highest BCUT2D eigenvalue weighted by atomic mass is 79.9. The Kier molecular flexibility index (Phi) is 4.00. The zero-order valence-corrected chi connectivity index (χ0v) is 16.1. The quantitative estimate of drug-likeness (QED) is 0.474. The van der Waals surface area contributed by atoms with E-state index in [1.807, 2.05) is 13.1 Å². The maximum Gasteiger partial charge on any atom is 0.220 e. The molecular formula is C15H13BrN8S. The number of nitrogens with zero attached hydrogens (tertiary/aromatic N) is 8. The van der Waals surface area contributed by atoms with Gasteiger partial charge in [-0.2, -0.15) is 9.78 Å². The topological polar surface area (TPSA) is 87.2 Å². The third-order valence-electron chi connectivity index (χ3n) is 3.91. The summed E-state index contributed by atoms with van der Waals surface area (Å²) in [4.78, 5) is 8.66. The van der Waals surface area contributed by atoms with Gasteiger partial charge in [0.2, 0.25) is 5.16 Å². The molecule has 10 heteroatoms. The van der Waals surface area contributed by atoms with Crippen molar-refractivity contribution in [3.8, 4) is 5.69 Å². The van der Waals surface area contributed by atoms with E-state index < -0.39 is 0 Å². The number of fused-ring (bicyclic) bond motifs is 1. The van der Waals surface area contributed by atoms with Crippen molar-refractivity contribution in [2.45, 2.75) is 24.0 Å². The van der Waals surface area contributed by atoms with Gasteiger partial charge in [0, 0.05) is 7.05 Å². The van der Waals surface area contributed by atoms with Gasteiger partial charge in [-0.25, -0.2) is 14.6 Å². The van der Waals surface area contributed by atoms with Crippen LogP contribution in [-0.4, -0.2) is 40.0 Å². The highest BCUT2D eigenvalue weighted by Gasteiger charge is 2.18. The second-order valence-corrected chi connectivity index (χ2v) is 7.24. The first-order valence-electron chi connectivity index (χ1n) is 7.41. The van der Waals surface area contributed by atoms with Crippen molar-refractivity contribution < 1.29 is 0 Å². The second kappa shape index (κ2) is 6.19. The smallest absolute Gasteiger partial charge is 0.220 e. The van der Waals surface area contributed by atoms with E-state index >= 15 is 0 Å². The molecule has 0 amide bonds. The van der Waals surface area contributed by atoms with E-state index in [1.54, 1.807) is 9.36 Å². The van der Waals surface area contributed by atoms with Crippen molar-refractivity contribution in [1.29, 1.82) is 0 Å². The van der Waals surface area contributed by atoms with Crippen LogP contribution in [0.4, 0.5) is 0 Å². The molecule has 0 radical (unpaired) electrons. The SMILES string of the molecule is Cc1ccc(-n2nnnc2Sc2ncnc3c2c(Br)nn3C)cc1C. The predicted octanol–water partition coefficient (Wildman–Crippen LogP) is 2.87. The van der Waals surface area contributed by atoms with Gasteiger partial charge in [-0.15, -0.1) is 5.10 Å². The van der Waals surface area contributed by atoms with E-state index in [9.17, 15) is 0 Å². The molecule has 0 bridgehead atoms. The van der Waals surface area contributed by atoms with Gasteiger partial charge in [0.05, 0.1) is 11.1 Å². The van der Waals surface area contributed by atoms with E-state index in [2.05, 4.69) is 72.5 Å². The Labute approximate surface area is 155 Å². The number of aromatic nitrogens is 8. The molecule has 3 heterocycles. The van der Waals surface area contributed by atoms with Crippen LogP contribution in [0.15, 0.2) is 39.3 Å². The number of benzene rings is 1. The number of halogens is 1. The first-order chi connectivity index (χ1) is 12.0. The fourth-order valence-corrected chi connectivity index (χ4v) is 4.04. The minimum Gasteiger partial charge on any atom is -0.249 e. The molecule has 4 aromatic rings. The lowest BCUT2D eigenvalue weighted by Crippen LogP contribution is -2.00. The van der Waals surface area contributed by atoms with Crippen LogP contribution in [0.5, 0.6) is 0 Å². The Bertz CT molecular complexity index is 1090. The molecule has 25 heavy (non-hydrogen) atoms. The molecule has 0 saturated heterocycles. The van der Waals surface area contributed by atoms with Gasteiger partial charge in [-0.3, -0.25) is 0 Å². The molecule has 126 valence electrons. The average molecular weight is 417 g/mol. The van der Waals surface area contributed by atoms with E-state index in [0.29, 0.717) is 9.76 Å². The molecule has 8 nitrogen and oxygen atoms in total. The molecule has 0 saturated carbocycles. The summed E-state index contributed by atoms with van der Waals surface area (Å²) in [6.07, 6.45) is 1.52. The summed E-state index contributed by atoms with van der Waals surface area (Å²) in [5.74, 6) is 0. The van der Waals surface area contributed by atoms with Crippen LogP contribution in [-0.2, 0) is 7.05 Å². The number of hydrogen-bond donors (Lipinski definition) is 0. The lowest BCUT2D eigenvalue weighted by molar-refractivity contribution is 0.755. The first kappa shape index (κ1) is 16.2. The average Bonchev–Trinajstić information content (AvgIpc) is 3.16. The number of aryl methyl sites for hydroxylation is 3. The highest BCUT2D eigenvalue weighted by molar-refractivity contribution is 9.10. The molecule has 1 aromatic carbocycles. The van der Waals surface area contributed by atoms with Crippen molar-refractivity contribution in [3.63, 3.8) is 0 Å². The number of hydrogen-bond acceptors (Lipinski definition) is 7. The van der Waals surface area contributed by atoms with Crippen molar-refractivity contribution in [3.05, 3.63) is 40.3 Å². The summed E-state index contributed by atoms with van der Waals surface area (Å²) >= 11 is 4.85. The molecular weight excluding hydrogens is 404 g/mol. The lowest BCUT2D eigenvalue weighted by Gasteiger charge is -2.07. The van der Waals surface area contributed by atoms with Crippen LogP contribution in [0, 0.1) is 13.8 Å². The molecule has 0 aliphatic rings. The fraction of sp³-hybridized carbons (Fsp3) is 0.200. The summed E-state index contributed by atoms with van der Waals surface area (Å²) in [7, 11) is 1.84. The standard InChI is InChI=1S/C15H13BrN8S/c1-8-4-5-10(6-9(8)2)24-15(19-21-22-24)25-14-11-12(16)20-23(3)13(11)17-7-18-14/h4-7H,1-3H3. The van der Waals surface area contributed by atoms with Gasteiger partial charge in [-0.05, 0) is 75.2 Å². The van der Waals surface area contributed by atoms with Gasteiger partial charge in [0.15, 0.2) is 5.65 Å². The number of tetrazole rings is 1. The minimum atomic E-state index is 0.624. The van der Waals surface area contributed by atoms with E-state index in [4.69, 9.17) is 0 Å². The van der Waals surface area contributed by atoms with Crippen LogP contribution in [0.25, 0.3) is 16.7 Å². The lowest BCUT2D eigenvalue weighted by atomic mass is 10.1. The van der Waals surface area contributed by atoms with Gasteiger partial charge >= 0.3 is 0 Å². The number of rotatable bonds is 3. The molecule has 0 fully saturated rings. The fourth-order valence-electron chi connectivity index (χ4n) is 2.44. The van der Waals surface area contributed by atoms with E-state index in [1.165, 1.54) is 29.2 Å². The van der Waals surface area contributed by atoms with Crippen molar-refractivity contribution in [2.75, 3.05) is 0 Å². The summed E-state index contributed by atoms with van der Waals surface area (Å²) in [5.41, 5.74) is 4.06. The second-order valence-electron chi connectivity index (χ2n) is 5.54. The van der Waals surface area contributed by atoms with Crippen LogP contribution < -0.4 is 0 Å². The zero-order valence-electron chi connectivity index (χ0n) is 13.7. The third-order valence-corrected chi connectivity index (χ3v) is 5.40. The normalized spacial score (nSPS) is 11.4. The zero-order chi connectivity index (χ0) is 17.6. The van der Waals surface area contributed by atoms with Crippen molar-refractivity contribution in [1.82, 2.24) is 40.0 Å². The summed E-state index contributed by atoms with van der Waals surface area (Å²) < 4.78 is 4.10. The largest absolute Gasteiger partial charge is 0.249 e. The highest BCUT2D eigenvalue weighted by Crippen LogP contribution is 2.34. The van der Waals surface area contributed by atoms with Crippen LogP contribution in [0.2, 0.25) is 0 Å². The Morgan fingerprint density at radius 1 is 1.12 bits per heavy atom. The Morgan fingerprint density at radius 3 is 2.76 bits per heavy atom. The van der Waals surface area contributed by atoms with Crippen molar-refractivity contribution in [2.24, 2.45) is 7.05 Å². The van der Waals surface area contributed by atoms with E-state index in [0.717, 1.165) is 21.7 Å². The van der Waals surface area contributed by atoms with Gasteiger partial charge in [0.1, 0.15) is 16.0 Å². The van der Waals surface area contributed by atoms with Crippen LogP contribution in [0.3, 0.4) is 0 Å². The molecule has 0 N–H and O–H groups in total. The van der Waals surface area contributed by atoms with E-state index in [-0.39, 0.29) is 0 Å². The molecule has 3 aromatic heterocycles. The summed E-state index contributed by atoms with van der Waals surface area (Å²) in [6, 6.07) is 6.12. The van der Waals surface area contributed by atoms with Crippen LogP contribution in [0.1, 0.15) is 11.1 Å². The molecule has 0 aliphatic heterocycles. The van der Waals surface area contributed by atoms with Crippen LogP contribution >= 0.6 is 27.7 Å². The molecule has 0 unspecified atom stereocenters. The Balaban J connectivity index is 1.79. The molecule has 0 aliphatic carbocycles. The minimum absolute atomic E-state index is 0.624. The molecule has 0 spiro atoms. The predicted molar refractivity (Wildman–Crippen MR) is 96.8 cm³/mol. The summed E-state index contributed by atoms with van der Waals surface area (Å²) in [5, 5.41) is 18.6. The first-order valence-corrected chi connectivity index (χ1v) is 9.02. The Hall–Kier alpha value is -2.33. The van der Waals surface area contributed by atoms with Gasteiger partial charge in [-0.1, -0.05) is 6.07 Å². The third kappa shape index (κ3) is 2.81. The molecule has 4 rings (SSSR count). The maximum atomic E-state index is 4.38. The Morgan fingerprint density at radius 2 is 1.96 bits per heavy atom. The summed E-state index contributed by atoms with van der Waals surface area (Å²) in [6.45, 7) is 4.14. The maximum absolute atomic E-state index is 4.38. The molecule has 0 atom stereocenters. The van der Waals surface area contributed by atoms with Crippen molar-refractivity contribution >= 4 is 38.7 Å². The van der Waals surface area contributed by atoms with Gasteiger partial charge < -0.3 is 0 Å². The monoisotopic (exact) mass is 416 g/mol.